The Kier molecular flexibility index (Phi) is 5.91. The minimum absolute atomic E-state index is 0.753. The second kappa shape index (κ2) is 10.3. The molecule has 0 saturated heterocycles. The van der Waals surface area contributed by atoms with Gasteiger partial charge in [-0.15, -0.1) is 0 Å². The molecule has 0 radical (unpaired) electrons. The van der Waals surface area contributed by atoms with E-state index in [1.807, 2.05) is 51.5 Å². The van der Waals surface area contributed by atoms with E-state index in [-0.39, 0.29) is 0 Å². The van der Waals surface area contributed by atoms with E-state index >= 15 is 0 Å². The van der Waals surface area contributed by atoms with Crippen LogP contribution in [0.1, 0.15) is 0 Å². The first-order chi connectivity index (χ1) is 23.0. The van der Waals surface area contributed by atoms with Crippen molar-refractivity contribution in [2.75, 3.05) is 4.90 Å². The van der Waals surface area contributed by atoms with Crippen molar-refractivity contribution in [1.82, 2.24) is 45.0 Å². The molecule has 9 rings (SSSR count). The molecule has 0 spiro atoms. The van der Waals surface area contributed by atoms with Gasteiger partial charge in [-0.2, -0.15) is 45.0 Å². The predicted octanol–water partition coefficient (Wildman–Crippen LogP) is 7.49. The van der Waals surface area contributed by atoms with Crippen LogP contribution in [0.25, 0.3) is 66.1 Å². The highest BCUT2D eigenvalue weighted by molar-refractivity contribution is 6.09. The van der Waals surface area contributed by atoms with Gasteiger partial charge in [-0.25, -0.2) is 0 Å². The van der Waals surface area contributed by atoms with E-state index in [9.17, 15) is 0 Å². The number of benzene rings is 6. The van der Waals surface area contributed by atoms with Gasteiger partial charge in [0.15, 0.2) is 0 Å². The molecule has 6 aromatic carbocycles. The maximum absolute atomic E-state index is 4.95. The number of aromatic nitrogens is 9. The number of nitrogens with zero attached hydrogens (tertiary/aromatic N) is 10. The minimum atomic E-state index is 0.753. The summed E-state index contributed by atoms with van der Waals surface area (Å²) in [6.45, 7) is 0. The van der Waals surface area contributed by atoms with Gasteiger partial charge in [0, 0.05) is 32.3 Å². The van der Waals surface area contributed by atoms with Gasteiger partial charge in [0.1, 0.15) is 33.1 Å². The fraction of sp³-hybridized carbons (Fsp3) is 0.0811. The topological polar surface area (TPSA) is 95.4 Å². The zero-order valence-electron chi connectivity index (χ0n) is 25.9. The Balaban J connectivity index is 1.33. The molecule has 10 heteroatoms. The summed E-state index contributed by atoms with van der Waals surface area (Å²) in [5.41, 5.74) is 11.3. The van der Waals surface area contributed by atoms with Crippen LogP contribution in [0.15, 0.2) is 115 Å². The summed E-state index contributed by atoms with van der Waals surface area (Å²) in [4.78, 5) is 7.03. The van der Waals surface area contributed by atoms with Gasteiger partial charge in [0.2, 0.25) is 0 Å². The lowest BCUT2D eigenvalue weighted by atomic mass is 9.99. The first kappa shape index (κ1) is 26.9. The fourth-order valence-electron chi connectivity index (χ4n) is 6.56. The van der Waals surface area contributed by atoms with Crippen molar-refractivity contribution in [3.05, 3.63) is 115 Å². The number of hydrogen-bond donors (Lipinski definition) is 0. The van der Waals surface area contributed by atoms with Gasteiger partial charge < -0.3 is 4.90 Å². The third kappa shape index (κ3) is 4.33. The van der Waals surface area contributed by atoms with Gasteiger partial charge >= 0.3 is 0 Å². The molecule has 0 saturated carbocycles. The molecule has 3 heterocycles. The Hall–Kier alpha value is -6.42. The zero-order valence-corrected chi connectivity index (χ0v) is 25.9. The summed E-state index contributed by atoms with van der Waals surface area (Å²) in [6.07, 6.45) is 0. The molecule has 47 heavy (non-hydrogen) atoms. The van der Waals surface area contributed by atoms with E-state index in [1.54, 1.807) is 14.4 Å². The Labute approximate surface area is 269 Å². The maximum Gasteiger partial charge on any atom is 0.137 e. The van der Waals surface area contributed by atoms with E-state index in [1.165, 1.54) is 10.8 Å². The second-order valence-corrected chi connectivity index (χ2v) is 11.6. The molecule has 0 aliphatic heterocycles. The summed E-state index contributed by atoms with van der Waals surface area (Å²) in [5, 5.41) is 31.4. The van der Waals surface area contributed by atoms with Crippen molar-refractivity contribution in [3.63, 3.8) is 0 Å². The molecule has 0 N–H and O–H groups in total. The van der Waals surface area contributed by atoms with Gasteiger partial charge in [-0.3, -0.25) is 0 Å². The van der Waals surface area contributed by atoms with Crippen molar-refractivity contribution in [2.24, 2.45) is 21.1 Å². The zero-order chi connectivity index (χ0) is 31.6. The normalized spacial score (nSPS) is 11.7. The lowest BCUT2D eigenvalue weighted by Gasteiger charge is -2.26. The number of anilines is 3. The number of hydrogen-bond acceptors (Lipinski definition) is 7. The molecule has 0 amide bonds. The Morgan fingerprint density at radius 2 is 0.957 bits per heavy atom. The monoisotopic (exact) mass is 612 g/mol. The largest absolute Gasteiger partial charge is 0.304 e. The standard InChI is InChI=1S/C37H28N10/c1-44-38-29-14-9-15-30(35(29)41-44)47(31-20-18-27(24-11-5-4-6-12-24)33-36(31)42-45(2)39-33)32-21-19-28(34-37(32)43-46(3)40-34)26-17-16-23-10-7-8-13-25(23)22-26/h4-22H,1-3H3. The molecule has 0 fully saturated rings. The summed E-state index contributed by atoms with van der Waals surface area (Å²) in [7, 11) is 5.55. The van der Waals surface area contributed by atoms with Crippen LogP contribution in [-0.4, -0.2) is 45.0 Å². The van der Waals surface area contributed by atoms with Crippen LogP contribution in [0, 0.1) is 0 Å². The molecule has 10 nitrogen and oxygen atoms in total. The summed E-state index contributed by atoms with van der Waals surface area (Å²) >= 11 is 0. The van der Waals surface area contributed by atoms with Crippen molar-refractivity contribution in [3.8, 4) is 22.3 Å². The highest BCUT2D eigenvalue weighted by Gasteiger charge is 2.26. The van der Waals surface area contributed by atoms with Gasteiger partial charge in [0.25, 0.3) is 0 Å². The van der Waals surface area contributed by atoms with Crippen molar-refractivity contribution in [2.45, 2.75) is 0 Å². The Morgan fingerprint density at radius 3 is 1.66 bits per heavy atom. The number of fused-ring (bicyclic) bond motifs is 4. The molecule has 0 unspecified atom stereocenters. The van der Waals surface area contributed by atoms with Crippen LogP contribution in [0.3, 0.4) is 0 Å². The average molecular weight is 613 g/mol. The van der Waals surface area contributed by atoms with Crippen LogP contribution in [-0.2, 0) is 21.1 Å². The first-order valence-electron chi connectivity index (χ1n) is 15.3. The van der Waals surface area contributed by atoms with Gasteiger partial charge in [0.05, 0.1) is 17.1 Å². The lowest BCUT2D eigenvalue weighted by molar-refractivity contribution is 0.665. The van der Waals surface area contributed by atoms with Gasteiger partial charge in [-0.1, -0.05) is 72.8 Å². The molecule has 0 aliphatic carbocycles. The second-order valence-electron chi connectivity index (χ2n) is 11.6. The average Bonchev–Trinajstić information content (AvgIpc) is 3.80. The van der Waals surface area contributed by atoms with E-state index in [0.717, 1.165) is 72.4 Å². The van der Waals surface area contributed by atoms with Crippen LogP contribution in [0.2, 0.25) is 0 Å². The predicted molar refractivity (Wildman–Crippen MR) is 186 cm³/mol. The van der Waals surface area contributed by atoms with Crippen LogP contribution >= 0.6 is 0 Å². The molecule has 3 aromatic heterocycles. The lowest BCUT2D eigenvalue weighted by Crippen LogP contribution is -2.12. The Bertz CT molecular complexity index is 2630. The highest BCUT2D eigenvalue weighted by atomic mass is 15.5. The van der Waals surface area contributed by atoms with E-state index < -0.39 is 0 Å². The molecule has 226 valence electrons. The number of rotatable bonds is 5. The molecular formula is C37H28N10. The van der Waals surface area contributed by atoms with Gasteiger partial charge in [-0.05, 0) is 64.4 Å². The third-order valence-electron chi connectivity index (χ3n) is 8.60. The van der Waals surface area contributed by atoms with Crippen molar-refractivity contribution >= 4 is 60.9 Å². The smallest absolute Gasteiger partial charge is 0.137 e. The quantitative estimate of drug-likeness (QED) is 0.199. The highest BCUT2D eigenvalue weighted by Crippen LogP contribution is 2.45. The van der Waals surface area contributed by atoms with E-state index in [4.69, 9.17) is 25.5 Å². The summed E-state index contributed by atoms with van der Waals surface area (Å²) < 4.78 is 0. The van der Waals surface area contributed by atoms with Crippen molar-refractivity contribution in [1.29, 1.82) is 0 Å². The Morgan fingerprint density at radius 1 is 0.404 bits per heavy atom. The molecule has 0 aliphatic rings. The number of aryl methyl sites for hydroxylation is 3. The van der Waals surface area contributed by atoms with Crippen molar-refractivity contribution < 1.29 is 0 Å². The molecule has 9 aromatic rings. The van der Waals surface area contributed by atoms with Crippen LogP contribution in [0.4, 0.5) is 17.1 Å². The molecular weight excluding hydrogens is 584 g/mol. The van der Waals surface area contributed by atoms with Crippen LogP contribution < -0.4 is 4.90 Å². The third-order valence-corrected chi connectivity index (χ3v) is 8.60. The van der Waals surface area contributed by atoms with E-state index in [2.05, 4.69) is 94.9 Å². The summed E-state index contributed by atoms with van der Waals surface area (Å²) in [6, 6.07) is 39.7. The first-order valence-corrected chi connectivity index (χ1v) is 15.3. The minimum Gasteiger partial charge on any atom is -0.304 e. The SMILES string of the molecule is Cn1nc2cccc(N(c3ccc(-c4ccccc4)c4nn(C)nc34)c3ccc(-c4ccc5ccccc5c4)c4nn(C)nc34)c2n1. The molecule has 0 atom stereocenters. The van der Waals surface area contributed by atoms with Crippen LogP contribution in [0.5, 0.6) is 0 Å². The van der Waals surface area contributed by atoms with E-state index in [0.29, 0.717) is 0 Å². The summed E-state index contributed by atoms with van der Waals surface area (Å²) in [5.74, 6) is 0. The fourth-order valence-corrected chi connectivity index (χ4v) is 6.56. The molecule has 0 bridgehead atoms. The maximum atomic E-state index is 4.95.